The van der Waals surface area contributed by atoms with Crippen molar-refractivity contribution in [2.45, 2.75) is 44.9 Å². The van der Waals surface area contributed by atoms with E-state index in [4.69, 9.17) is 11.6 Å². The summed E-state index contributed by atoms with van der Waals surface area (Å²) in [5, 5.41) is 3.22. The van der Waals surface area contributed by atoms with E-state index in [2.05, 4.69) is 11.9 Å². The average molecular weight is 296 g/mol. The Balaban J connectivity index is 2.59. The van der Waals surface area contributed by atoms with E-state index in [0.717, 1.165) is 0 Å². The minimum absolute atomic E-state index is 0.201. The second-order valence-electron chi connectivity index (χ2n) is 6.25. The highest BCUT2D eigenvalue weighted by molar-refractivity contribution is 6.31. The van der Waals surface area contributed by atoms with Gasteiger partial charge < -0.3 is 5.32 Å². The molecule has 1 heterocycles. The monoisotopic (exact) mass is 295 g/mol. The Morgan fingerprint density at radius 1 is 1.40 bits per heavy atom. The first-order chi connectivity index (χ1) is 9.21. The number of benzene rings is 1. The zero-order valence-electron chi connectivity index (χ0n) is 12.0. The van der Waals surface area contributed by atoms with Gasteiger partial charge in [-0.05, 0) is 36.0 Å². The molecule has 1 aliphatic heterocycles. The van der Waals surface area contributed by atoms with Crippen LogP contribution in [0.15, 0.2) is 24.4 Å². The van der Waals surface area contributed by atoms with Crippen molar-refractivity contribution < 1.29 is 9.18 Å². The number of rotatable bonds is 1. The van der Waals surface area contributed by atoms with Crippen molar-refractivity contribution in [3.05, 3.63) is 46.4 Å². The highest BCUT2D eigenvalue weighted by Gasteiger charge is 2.34. The maximum Gasteiger partial charge on any atom is 0.231 e. The largest absolute Gasteiger partial charge is 0.330 e. The van der Waals surface area contributed by atoms with Crippen LogP contribution in [0.5, 0.6) is 0 Å². The predicted molar refractivity (Wildman–Crippen MR) is 79.4 cm³/mol. The van der Waals surface area contributed by atoms with Gasteiger partial charge in [-0.2, -0.15) is 0 Å². The quantitative estimate of drug-likeness (QED) is 0.823. The van der Waals surface area contributed by atoms with Crippen molar-refractivity contribution >= 4 is 17.5 Å². The van der Waals surface area contributed by atoms with Crippen LogP contribution in [0.4, 0.5) is 4.39 Å². The molecule has 20 heavy (non-hydrogen) atoms. The number of carbonyl (C=O) groups is 1. The Morgan fingerprint density at radius 2 is 2.05 bits per heavy atom. The van der Waals surface area contributed by atoms with Gasteiger partial charge in [0.1, 0.15) is 5.82 Å². The Bertz CT molecular complexity index is 575. The molecule has 0 aliphatic carbocycles. The first-order valence-corrected chi connectivity index (χ1v) is 7.06. The van der Waals surface area contributed by atoms with Crippen molar-refractivity contribution in [1.29, 1.82) is 0 Å². The lowest BCUT2D eigenvalue weighted by Gasteiger charge is -2.31. The topological polar surface area (TPSA) is 29.1 Å². The second-order valence-corrected chi connectivity index (χ2v) is 6.66. The molecule has 0 bridgehead atoms. The lowest BCUT2D eigenvalue weighted by molar-refractivity contribution is -0.123. The first-order valence-electron chi connectivity index (χ1n) is 6.69. The van der Waals surface area contributed by atoms with Gasteiger partial charge in [0.15, 0.2) is 0 Å². The van der Waals surface area contributed by atoms with E-state index in [0.29, 0.717) is 34.7 Å². The van der Waals surface area contributed by atoms with E-state index in [-0.39, 0.29) is 17.1 Å². The molecule has 0 aromatic heterocycles. The number of halogens is 2. The molecule has 1 fully saturated rings. The third kappa shape index (κ3) is 2.73. The normalized spacial score (nSPS) is 19.9. The SMILES string of the molecule is C=C1CCC(c2c(F)ccc(Cl)c2C(C)(C)C)C(=O)N1. The Kier molecular flexibility index (Phi) is 3.92. The third-order valence-electron chi connectivity index (χ3n) is 3.59. The molecular weight excluding hydrogens is 277 g/mol. The fourth-order valence-corrected chi connectivity index (χ4v) is 3.17. The fraction of sp³-hybridized carbons (Fsp3) is 0.438. The van der Waals surface area contributed by atoms with E-state index in [1.807, 2.05) is 20.8 Å². The molecule has 0 spiro atoms. The van der Waals surface area contributed by atoms with Crippen LogP contribution < -0.4 is 5.32 Å². The van der Waals surface area contributed by atoms with Crippen molar-refractivity contribution in [2.24, 2.45) is 0 Å². The third-order valence-corrected chi connectivity index (χ3v) is 3.91. The summed E-state index contributed by atoms with van der Waals surface area (Å²) in [4.78, 5) is 12.2. The molecule has 1 aromatic rings. The number of piperidine rings is 1. The molecule has 1 amide bonds. The molecule has 1 N–H and O–H groups in total. The van der Waals surface area contributed by atoms with E-state index in [9.17, 15) is 9.18 Å². The van der Waals surface area contributed by atoms with Gasteiger partial charge in [0.25, 0.3) is 0 Å². The molecule has 1 atom stereocenters. The van der Waals surface area contributed by atoms with Gasteiger partial charge in [0.05, 0.1) is 5.92 Å². The van der Waals surface area contributed by atoms with Crippen molar-refractivity contribution in [3.63, 3.8) is 0 Å². The molecule has 108 valence electrons. The predicted octanol–water partition coefficient (Wildman–Crippen LogP) is 4.28. The van der Waals surface area contributed by atoms with E-state index in [1.54, 1.807) is 6.07 Å². The lowest BCUT2D eigenvalue weighted by Crippen LogP contribution is -2.35. The zero-order valence-corrected chi connectivity index (χ0v) is 12.8. The summed E-state index contributed by atoms with van der Waals surface area (Å²) in [6, 6.07) is 2.89. The summed E-state index contributed by atoms with van der Waals surface area (Å²) in [5.41, 5.74) is 1.50. The van der Waals surface area contributed by atoms with Crippen LogP contribution in [-0.2, 0) is 10.2 Å². The number of allylic oxidation sites excluding steroid dienone is 1. The zero-order chi connectivity index (χ0) is 15.1. The summed E-state index contributed by atoms with van der Waals surface area (Å²) in [5.74, 6) is -1.08. The van der Waals surface area contributed by atoms with Crippen LogP contribution in [0.3, 0.4) is 0 Å². The van der Waals surface area contributed by atoms with E-state index >= 15 is 0 Å². The Morgan fingerprint density at radius 3 is 2.60 bits per heavy atom. The summed E-state index contributed by atoms with van der Waals surface area (Å²) >= 11 is 6.27. The van der Waals surface area contributed by atoms with Gasteiger partial charge in [0, 0.05) is 16.3 Å². The first kappa shape index (κ1) is 15.0. The molecular formula is C16H19ClFNO. The molecule has 1 aliphatic rings. The van der Waals surface area contributed by atoms with Gasteiger partial charge in [-0.15, -0.1) is 0 Å². The van der Waals surface area contributed by atoms with Crippen molar-refractivity contribution in [2.75, 3.05) is 0 Å². The van der Waals surface area contributed by atoms with Crippen LogP contribution in [0.2, 0.25) is 5.02 Å². The highest BCUT2D eigenvalue weighted by Crippen LogP contribution is 2.40. The molecule has 2 nitrogen and oxygen atoms in total. The summed E-state index contributed by atoms with van der Waals surface area (Å²) in [7, 11) is 0. The van der Waals surface area contributed by atoms with Crippen LogP contribution in [0.25, 0.3) is 0 Å². The lowest BCUT2D eigenvalue weighted by atomic mass is 9.77. The standard InChI is InChI=1S/C16H19ClFNO/c1-9-5-6-10(15(20)19-9)13-12(18)8-7-11(17)14(13)16(2,3)4/h7-8,10H,1,5-6H2,2-4H3,(H,19,20). The van der Waals surface area contributed by atoms with Crippen LogP contribution >= 0.6 is 11.6 Å². The minimum atomic E-state index is -0.506. The van der Waals surface area contributed by atoms with Gasteiger partial charge in [-0.25, -0.2) is 4.39 Å². The number of carbonyl (C=O) groups excluding carboxylic acids is 1. The average Bonchev–Trinajstić information content (AvgIpc) is 2.31. The number of amides is 1. The number of hydrogen-bond donors (Lipinski definition) is 1. The molecule has 0 saturated carbocycles. The summed E-state index contributed by atoms with van der Waals surface area (Å²) in [6.45, 7) is 9.66. The van der Waals surface area contributed by atoms with Crippen LogP contribution in [0.1, 0.15) is 50.7 Å². The fourth-order valence-electron chi connectivity index (χ4n) is 2.72. The summed E-state index contributed by atoms with van der Waals surface area (Å²) < 4.78 is 14.4. The van der Waals surface area contributed by atoms with Gasteiger partial charge in [-0.1, -0.05) is 39.0 Å². The second kappa shape index (κ2) is 5.21. The minimum Gasteiger partial charge on any atom is -0.330 e. The van der Waals surface area contributed by atoms with Gasteiger partial charge in [-0.3, -0.25) is 4.79 Å². The Hall–Kier alpha value is -1.35. The summed E-state index contributed by atoms with van der Waals surface area (Å²) in [6.07, 6.45) is 1.22. The van der Waals surface area contributed by atoms with Crippen molar-refractivity contribution in [1.82, 2.24) is 5.32 Å². The van der Waals surface area contributed by atoms with Crippen molar-refractivity contribution in [3.8, 4) is 0 Å². The smallest absolute Gasteiger partial charge is 0.231 e. The molecule has 4 heteroatoms. The molecule has 2 rings (SSSR count). The maximum absolute atomic E-state index is 14.4. The van der Waals surface area contributed by atoms with Gasteiger partial charge >= 0.3 is 0 Å². The maximum atomic E-state index is 14.4. The number of nitrogens with one attached hydrogen (secondary N) is 1. The molecule has 1 unspecified atom stereocenters. The molecule has 0 radical (unpaired) electrons. The number of hydrogen-bond acceptors (Lipinski definition) is 1. The Labute approximate surface area is 124 Å². The van der Waals surface area contributed by atoms with E-state index in [1.165, 1.54) is 6.07 Å². The highest BCUT2D eigenvalue weighted by atomic mass is 35.5. The molecule has 1 aromatic carbocycles. The van der Waals surface area contributed by atoms with E-state index < -0.39 is 5.92 Å². The van der Waals surface area contributed by atoms with Crippen LogP contribution in [0, 0.1) is 5.82 Å². The van der Waals surface area contributed by atoms with Gasteiger partial charge in [0.2, 0.25) is 5.91 Å². The van der Waals surface area contributed by atoms with Crippen LogP contribution in [-0.4, -0.2) is 5.91 Å². The molecule has 1 saturated heterocycles.